The van der Waals surface area contributed by atoms with E-state index in [1.165, 1.54) is 14.0 Å². The molecule has 6 nitrogen and oxygen atoms in total. The van der Waals surface area contributed by atoms with Crippen LogP contribution in [0.5, 0.6) is 0 Å². The molecule has 1 amide bonds. The molecule has 0 spiro atoms. The Morgan fingerprint density at radius 2 is 1.74 bits per heavy atom. The molecule has 6 heteroatoms. The number of methoxy groups -OCH3 is 1. The van der Waals surface area contributed by atoms with E-state index in [1.54, 1.807) is 24.3 Å². The molecule has 0 heterocycles. The smallest absolute Gasteiger partial charge is 0.332 e. The molecule has 1 aromatic rings. The molecule has 0 atom stereocenters. The van der Waals surface area contributed by atoms with Crippen LogP contribution in [0.4, 0.5) is 5.69 Å². The van der Waals surface area contributed by atoms with Gasteiger partial charge in [0.15, 0.2) is 12.4 Å². The molecular weight excluding hydrogens is 250 g/mol. The Bertz CT molecular complexity index is 466. The summed E-state index contributed by atoms with van der Waals surface area (Å²) in [6.07, 6.45) is 0. The monoisotopic (exact) mass is 265 g/mol. The van der Waals surface area contributed by atoms with Gasteiger partial charge in [-0.3, -0.25) is 9.59 Å². The summed E-state index contributed by atoms with van der Waals surface area (Å²) in [6.45, 7) is 0.880. The molecular formula is C13H15NO5. The van der Waals surface area contributed by atoms with E-state index in [0.29, 0.717) is 11.3 Å². The van der Waals surface area contributed by atoms with Crippen molar-refractivity contribution in [2.24, 2.45) is 0 Å². The minimum Gasteiger partial charge on any atom is -0.456 e. The number of hydrogen-bond donors (Lipinski definition) is 1. The van der Waals surface area contributed by atoms with Gasteiger partial charge in [0.2, 0.25) is 5.91 Å². The maximum absolute atomic E-state index is 11.7. The van der Waals surface area contributed by atoms with Crippen molar-refractivity contribution in [1.29, 1.82) is 0 Å². The number of Topliss-reactive ketones (excluding diaryl/α,β-unsaturated/α-hetero) is 1. The quantitative estimate of drug-likeness (QED) is 0.613. The van der Waals surface area contributed by atoms with Gasteiger partial charge in [0, 0.05) is 25.3 Å². The predicted octanol–water partition coefficient (Wildman–Crippen LogP) is 1.02. The summed E-state index contributed by atoms with van der Waals surface area (Å²) >= 11 is 0. The zero-order chi connectivity index (χ0) is 14.3. The van der Waals surface area contributed by atoms with Gasteiger partial charge in [0.25, 0.3) is 0 Å². The van der Waals surface area contributed by atoms with Gasteiger partial charge in [-0.15, -0.1) is 0 Å². The van der Waals surface area contributed by atoms with Crippen LogP contribution in [0, 0.1) is 0 Å². The number of hydrogen-bond acceptors (Lipinski definition) is 5. The third kappa shape index (κ3) is 5.31. The Morgan fingerprint density at radius 1 is 1.11 bits per heavy atom. The average molecular weight is 265 g/mol. The SMILES string of the molecule is COCC(=O)OCC(=O)c1ccc(NC(C)=O)cc1. The molecule has 0 bridgehead atoms. The van der Waals surface area contributed by atoms with Crippen LogP contribution in [0.1, 0.15) is 17.3 Å². The van der Waals surface area contributed by atoms with Crippen molar-refractivity contribution in [2.45, 2.75) is 6.92 Å². The molecule has 102 valence electrons. The van der Waals surface area contributed by atoms with E-state index in [0.717, 1.165) is 0 Å². The van der Waals surface area contributed by atoms with Crippen molar-refractivity contribution >= 4 is 23.3 Å². The molecule has 0 fully saturated rings. The number of ether oxygens (including phenoxy) is 2. The Labute approximate surface area is 110 Å². The van der Waals surface area contributed by atoms with Crippen LogP contribution in [0.15, 0.2) is 24.3 Å². The van der Waals surface area contributed by atoms with Crippen LogP contribution < -0.4 is 5.32 Å². The topological polar surface area (TPSA) is 81.7 Å². The summed E-state index contributed by atoms with van der Waals surface area (Å²) in [4.78, 5) is 33.5. The first kappa shape index (κ1) is 14.8. The summed E-state index contributed by atoms with van der Waals surface area (Å²) in [5.41, 5.74) is 1.000. The third-order valence-electron chi connectivity index (χ3n) is 2.15. The largest absolute Gasteiger partial charge is 0.456 e. The number of benzene rings is 1. The maximum atomic E-state index is 11.7. The first-order chi connectivity index (χ1) is 9.02. The number of nitrogens with one attached hydrogen (secondary N) is 1. The van der Waals surface area contributed by atoms with Gasteiger partial charge in [-0.1, -0.05) is 0 Å². The maximum Gasteiger partial charge on any atom is 0.332 e. The van der Waals surface area contributed by atoms with Gasteiger partial charge >= 0.3 is 5.97 Å². The fourth-order valence-electron chi connectivity index (χ4n) is 1.33. The first-order valence-electron chi connectivity index (χ1n) is 5.58. The molecule has 0 radical (unpaired) electrons. The second kappa shape index (κ2) is 7.27. The predicted molar refractivity (Wildman–Crippen MR) is 67.9 cm³/mol. The highest BCUT2D eigenvalue weighted by molar-refractivity contribution is 5.98. The molecule has 1 N–H and O–H groups in total. The van der Waals surface area contributed by atoms with Crippen LogP contribution in [-0.4, -0.2) is 38.0 Å². The minimum atomic E-state index is -0.592. The molecule has 1 aromatic carbocycles. The summed E-state index contributed by atoms with van der Waals surface area (Å²) in [7, 11) is 1.36. The van der Waals surface area contributed by atoms with E-state index < -0.39 is 5.97 Å². The first-order valence-corrected chi connectivity index (χ1v) is 5.58. The van der Waals surface area contributed by atoms with Crippen LogP contribution >= 0.6 is 0 Å². The molecule has 0 unspecified atom stereocenters. The summed E-state index contributed by atoms with van der Waals surface area (Å²) in [5, 5.41) is 2.59. The van der Waals surface area contributed by atoms with Crippen molar-refractivity contribution < 1.29 is 23.9 Å². The average Bonchev–Trinajstić information content (AvgIpc) is 2.36. The van der Waals surface area contributed by atoms with Gasteiger partial charge < -0.3 is 14.8 Å². The Kier molecular flexibility index (Phi) is 5.69. The fraction of sp³-hybridized carbons (Fsp3) is 0.308. The lowest BCUT2D eigenvalue weighted by molar-refractivity contribution is -0.146. The molecule has 0 saturated heterocycles. The molecule has 1 rings (SSSR count). The fourth-order valence-corrected chi connectivity index (χ4v) is 1.33. The molecule has 0 aliphatic heterocycles. The van der Waals surface area contributed by atoms with Gasteiger partial charge in [-0.2, -0.15) is 0 Å². The van der Waals surface area contributed by atoms with Gasteiger partial charge in [-0.05, 0) is 24.3 Å². The second-order valence-corrected chi connectivity index (χ2v) is 3.78. The Balaban J connectivity index is 2.53. The molecule has 19 heavy (non-hydrogen) atoms. The van der Waals surface area contributed by atoms with E-state index in [1.807, 2.05) is 0 Å². The summed E-state index contributed by atoms with van der Waals surface area (Å²) in [5.74, 6) is -1.10. The molecule has 0 saturated carbocycles. The number of carbonyl (C=O) groups excluding carboxylic acids is 3. The van der Waals surface area contributed by atoms with Crippen molar-refractivity contribution in [3.8, 4) is 0 Å². The highest BCUT2D eigenvalue weighted by Gasteiger charge is 2.09. The third-order valence-corrected chi connectivity index (χ3v) is 2.15. The lowest BCUT2D eigenvalue weighted by Crippen LogP contribution is -2.17. The van der Waals surface area contributed by atoms with Gasteiger partial charge in [-0.25, -0.2) is 4.79 Å². The van der Waals surface area contributed by atoms with Crippen LogP contribution in [-0.2, 0) is 19.1 Å². The van der Waals surface area contributed by atoms with E-state index >= 15 is 0 Å². The standard InChI is InChI=1S/C13H15NO5/c1-9(15)14-11-5-3-10(4-6-11)12(16)7-19-13(17)8-18-2/h3-6H,7-8H2,1-2H3,(H,14,15). The van der Waals surface area contributed by atoms with Crippen LogP contribution in [0.3, 0.4) is 0 Å². The number of ketones is 1. The zero-order valence-corrected chi connectivity index (χ0v) is 10.8. The van der Waals surface area contributed by atoms with Crippen molar-refractivity contribution in [1.82, 2.24) is 0 Å². The van der Waals surface area contributed by atoms with Crippen molar-refractivity contribution in [3.05, 3.63) is 29.8 Å². The Morgan fingerprint density at radius 3 is 2.26 bits per heavy atom. The lowest BCUT2D eigenvalue weighted by Gasteiger charge is -2.05. The van der Waals surface area contributed by atoms with E-state index in [-0.39, 0.29) is 24.9 Å². The highest BCUT2D eigenvalue weighted by atomic mass is 16.6. The van der Waals surface area contributed by atoms with E-state index in [2.05, 4.69) is 10.1 Å². The van der Waals surface area contributed by atoms with Gasteiger partial charge in [0.1, 0.15) is 6.61 Å². The highest BCUT2D eigenvalue weighted by Crippen LogP contribution is 2.10. The molecule has 0 aromatic heterocycles. The van der Waals surface area contributed by atoms with Crippen molar-refractivity contribution in [3.63, 3.8) is 0 Å². The van der Waals surface area contributed by atoms with Crippen LogP contribution in [0.25, 0.3) is 0 Å². The summed E-state index contributed by atoms with van der Waals surface area (Å²) < 4.78 is 9.28. The second-order valence-electron chi connectivity index (χ2n) is 3.78. The minimum absolute atomic E-state index is 0.186. The van der Waals surface area contributed by atoms with Crippen molar-refractivity contribution in [2.75, 3.05) is 25.6 Å². The number of esters is 1. The number of anilines is 1. The molecule has 0 aliphatic carbocycles. The normalized spacial score (nSPS) is 9.79. The summed E-state index contributed by atoms with van der Waals surface area (Å²) in [6, 6.07) is 6.31. The number of rotatable bonds is 6. The van der Waals surface area contributed by atoms with Gasteiger partial charge in [0.05, 0.1) is 0 Å². The zero-order valence-electron chi connectivity index (χ0n) is 10.8. The lowest BCUT2D eigenvalue weighted by atomic mass is 10.1. The molecule has 0 aliphatic rings. The number of amides is 1. The van der Waals surface area contributed by atoms with E-state index in [9.17, 15) is 14.4 Å². The Hall–Kier alpha value is -2.21. The van der Waals surface area contributed by atoms with Crippen LogP contribution in [0.2, 0.25) is 0 Å². The number of carbonyl (C=O) groups is 3. The van der Waals surface area contributed by atoms with E-state index in [4.69, 9.17) is 4.74 Å².